The summed E-state index contributed by atoms with van der Waals surface area (Å²) >= 11 is 2.10. The van der Waals surface area contributed by atoms with E-state index >= 15 is 0 Å². The number of ether oxygens (including phenoxy) is 2. The van der Waals surface area contributed by atoms with E-state index in [1.54, 1.807) is 24.3 Å². The molecule has 116 valence electrons. The Balaban J connectivity index is 2.21. The van der Waals surface area contributed by atoms with Gasteiger partial charge in [0.05, 0.1) is 23.3 Å². The Bertz CT molecular complexity index is 684. The van der Waals surface area contributed by atoms with E-state index in [0.717, 1.165) is 9.13 Å². The van der Waals surface area contributed by atoms with Crippen LogP contribution >= 0.6 is 22.6 Å². The predicted octanol–water partition coefficient (Wildman–Crippen LogP) is 1.73. The zero-order valence-corrected chi connectivity index (χ0v) is 14.0. The van der Waals surface area contributed by atoms with E-state index in [9.17, 15) is 15.0 Å². The number of methoxy groups -OCH3 is 1. The molecule has 0 heterocycles. The van der Waals surface area contributed by atoms with Crippen LogP contribution in [-0.4, -0.2) is 18.2 Å². The highest BCUT2D eigenvalue weighted by Crippen LogP contribution is 2.34. The highest BCUT2D eigenvalue weighted by Gasteiger charge is 2.12. The molecule has 0 saturated heterocycles. The summed E-state index contributed by atoms with van der Waals surface area (Å²) in [7, 11) is 1.52. The third-order valence-electron chi connectivity index (χ3n) is 3.02. The number of hydrogen-bond acceptors (Lipinski definition) is 5. The van der Waals surface area contributed by atoms with Gasteiger partial charge in [0.15, 0.2) is 11.5 Å². The Morgan fingerprint density at radius 2 is 2.05 bits per heavy atom. The fourth-order valence-electron chi connectivity index (χ4n) is 1.95. The molecular weight excluding hydrogens is 399 g/mol. The van der Waals surface area contributed by atoms with E-state index in [1.807, 2.05) is 0 Å². The van der Waals surface area contributed by atoms with E-state index in [2.05, 4.69) is 22.6 Å². The molecule has 0 atom stereocenters. The summed E-state index contributed by atoms with van der Waals surface area (Å²) in [4.78, 5) is 10.9. The van der Waals surface area contributed by atoms with Gasteiger partial charge < -0.3 is 24.5 Å². The minimum Gasteiger partial charge on any atom is -0.545 e. The van der Waals surface area contributed by atoms with Crippen molar-refractivity contribution in [1.29, 1.82) is 0 Å². The highest BCUT2D eigenvalue weighted by atomic mass is 127. The van der Waals surface area contributed by atoms with Gasteiger partial charge in [-0.3, -0.25) is 0 Å². The highest BCUT2D eigenvalue weighted by molar-refractivity contribution is 14.1. The first-order valence-electron chi connectivity index (χ1n) is 6.45. The van der Waals surface area contributed by atoms with Crippen LogP contribution in [0.1, 0.15) is 21.5 Å². The van der Waals surface area contributed by atoms with Crippen molar-refractivity contribution >= 4 is 28.6 Å². The molecule has 5 nitrogen and oxygen atoms in total. The quantitative estimate of drug-likeness (QED) is 0.731. The monoisotopic (exact) mass is 413 g/mol. The van der Waals surface area contributed by atoms with Crippen molar-refractivity contribution in [2.75, 3.05) is 7.11 Å². The van der Waals surface area contributed by atoms with Crippen LogP contribution in [0.5, 0.6) is 11.5 Å². The molecule has 0 spiro atoms. The summed E-state index contributed by atoms with van der Waals surface area (Å²) in [6, 6.07) is 9.90. The number of aliphatic hydroxyl groups excluding tert-OH is 1. The minimum atomic E-state index is -1.22. The zero-order valence-electron chi connectivity index (χ0n) is 11.8. The number of halogens is 1. The van der Waals surface area contributed by atoms with Crippen molar-refractivity contribution in [3.8, 4) is 11.5 Å². The number of carbonyl (C=O) groups excluding carboxylic acids is 1. The lowest BCUT2D eigenvalue weighted by Gasteiger charge is -2.14. The van der Waals surface area contributed by atoms with Gasteiger partial charge in [-0.2, -0.15) is 0 Å². The zero-order chi connectivity index (χ0) is 16.1. The molecule has 0 bridgehead atoms. The normalized spacial score (nSPS) is 10.3. The Morgan fingerprint density at radius 1 is 1.27 bits per heavy atom. The van der Waals surface area contributed by atoms with Crippen molar-refractivity contribution in [3.05, 3.63) is 56.7 Å². The Labute approximate surface area is 141 Å². The number of aliphatic hydroxyl groups is 1. The molecule has 0 amide bonds. The van der Waals surface area contributed by atoms with Crippen molar-refractivity contribution in [2.45, 2.75) is 13.2 Å². The van der Waals surface area contributed by atoms with Crippen LogP contribution < -0.4 is 14.6 Å². The second-order valence-electron chi connectivity index (χ2n) is 4.54. The first kappa shape index (κ1) is 16.6. The molecule has 0 aliphatic carbocycles. The molecule has 0 saturated carbocycles. The van der Waals surface area contributed by atoms with E-state index in [1.165, 1.54) is 19.2 Å². The van der Waals surface area contributed by atoms with E-state index in [-0.39, 0.29) is 18.8 Å². The van der Waals surface area contributed by atoms with Crippen molar-refractivity contribution in [2.24, 2.45) is 0 Å². The van der Waals surface area contributed by atoms with Crippen LogP contribution in [-0.2, 0) is 13.2 Å². The van der Waals surface area contributed by atoms with Gasteiger partial charge in [0.2, 0.25) is 0 Å². The predicted molar refractivity (Wildman–Crippen MR) is 86.7 cm³/mol. The van der Waals surface area contributed by atoms with Crippen LogP contribution in [0.3, 0.4) is 0 Å². The van der Waals surface area contributed by atoms with Gasteiger partial charge in [-0.15, -0.1) is 0 Å². The number of carboxylic acids is 1. The molecule has 0 fully saturated rings. The van der Waals surface area contributed by atoms with Crippen LogP contribution in [0, 0.1) is 3.57 Å². The second kappa shape index (κ2) is 7.46. The average Bonchev–Trinajstić information content (AvgIpc) is 2.53. The second-order valence-corrected chi connectivity index (χ2v) is 5.71. The number of carbonyl (C=O) groups is 1. The molecule has 0 aliphatic rings. The fourth-order valence-corrected chi connectivity index (χ4v) is 2.77. The number of benzene rings is 2. The molecule has 0 aliphatic heterocycles. The van der Waals surface area contributed by atoms with Gasteiger partial charge in [0, 0.05) is 0 Å². The number of aromatic carboxylic acids is 1. The first-order valence-corrected chi connectivity index (χ1v) is 7.53. The van der Waals surface area contributed by atoms with Gasteiger partial charge in [-0.1, -0.05) is 18.2 Å². The number of rotatable bonds is 6. The lowest BCUT2D eigenvalue weighted by molar-refractivity contribution is -0.255. The minimum absolute atomic E-state index is 0.0830. The van der Waals surface area contributed by atoms with Crippen molar-refractivity contribution in [1.82, 2.24) is 0 Å². The SMILES string of the molecule is COc1cc(CO)cc(I)c1OCc1cccc(C(=O)[O-])c1. The fraction of sp³-hybridized carbons (Fsp3) is 0.188. The van der Waals surface area contributed by atoms with E-state index in [4.69, 9.17) is 9.47 Å². The third kappa shape index (κ3) is 3.89. The summed E-state index contributed by atoms with van der Waals surface area (Å²) in [5, 5.41) is 20.1. The van der Waals surface area contributed by atoms with Crippen LogP contribution in [0.2, 0.25) is 0 Å². The third-order valence-corrected chi connectivity index (χ3v) is 3.82. The molecular formula is C16H14IO5-. The van der Waals surface area contributed by atoms with Crippen molar-refractivity contribution in [3.63, 3.8) is 0 Å². The van der Waals surface area contributed by atoms with Crippen LogP contribution in [0.4, 0.5) is 0 Å². The number of carboxylic acid groups (broad SMARTS) is 1. The number of hydrogen-bond donors (Lipinski definition) is 1. The van der Waals surface area contributed by atoms with Gasteiger partial charge >= 0.3 is 0 Å². The summed E-state index contributed by atoms with van der Waals surface area (Å²) < 4.78 is 11.8. The summed E-state index contributed by atoms with van der Waals surface area (Å²) in [5.74, 6) is -0.146. The Kier molecular flexibility index (Phi) is 5.62. The summed E-state index contributed by atoms with van der Waals surface area (Å²) in [5.41, 5.74) is 1.55. The maximum atomic E-state index is 10.9. The molecule has 1 N–H and O–H groups in total. The van der Waals surface area contributed by atoms with E-state index in [0.29, 0.717) is 17.1 Å². The van der Waals surface area contributed by atoms with Gasteiger partial charge in [0.25, 0.3) is 0 Å². The standard InChI is InChI=1S/C16H15IO5/c1-21-14-7-11(8-18)6-13(17)15(14)22-9-10-3-2-4-12(5-10)16(19)20/h2-7,18H,8-9H2,1H3,(H,19,20)/p-1. The molecule has 0 unspecified atom stereocenters. The largest absolute Gasteiger partial charge is 0.545 e. The molecule has 0 aromatic heterocycles. The smallest absolute Gasteiger partial charge is 0.174 e. The molecule has 2 aromatic rings. The van der Waals surface area contributed by atoms with E-state index < -0.39 is 5.97 Å². The topological polar surface area (TPSA) is 78.8 Å². The average molecular weight is 413 g/mol. The molecule has 6 heteroatoms. The molecule has 2 aromatic carbocycles. The Hall–Kier alpha value is -1.80. The molecule has 22 heavy (non-hydrogen) atoms. The van der Waals surface area contributed by atoms with Gasteiger partial charge in [-0.25, -0.2) is 0 Å². The van der Waals surface area contributed by atoms with Crippen molar-refractivity contribution < 1.29 is 24.5 Å². The van der Waals surface area contributed by atoms with Gasteiger partial charge in [0.1, 0.15) is 6.61 Å². The maximum Gasteiger partial charge on any atom is 0.174 e. The van der Waals surface area contributed by atoms with Crippen LogP contribution in [0.25, 0.3) is 0 Å². The lowest BCUT2D eigenvalue weighted by Crippen LogP contribution is -2.22. The molecule has 0 radical (unpaired) electrons. The summed E-state index contributed by atoms with van der Waals surface area (Å²) in [6.45, 7) is 0.117. The van der Waals surface area contributed by atoms with Gasteiger partial charge in [-0.05, 0) is 57.5 Å². The Morgan fingerprint density at radius 3 is 2.68 bits per heavy atom. The summed E-state index contributed by atoms with van der Waals surface area (Å²) in [6.07, 6.45) is 0. The maximum absolute atomic E-state index is 10.9. The lowest BCUT2D eigenvalue weighted by atomic mass is 10.1. The van der Waals surface area contributed by atoms with Crippen LogP contribution in [0.15, 0.2) is 36.4 Å². The molecule has 2 rings (SSSR count). The first-order chi connectivity index (χ1) is 10.5.